The van der Waals surface area contributed by atoms with Gasteiger partial charge in [-0.05, 0) is 18.2 Å². The maximum absolute atomic E-state index is 11.8. The van der Waals surface area contributed by atoms with Gasteiger partial charge in [0.1, 0.15) is 9.36 Å². The summed E-state index contributed by atoms with van der Waals surface area (Å²) in [6.07, 6.45) is 1.36. The summed E-state index contributed by atoms with van der Waals surface area (Å²) in [4.78, 5) is 7.47. The first kappa shape index (κ1) is 12.6. The third-order valence-corrected chi connectivity index (χ3v) is 4.92. The van der Waals surface area contributed by atoms with Gasteiger partial charge in [-0.1, -0.05) is 23.2 Å². The summed E-state index contributed by atoms with van der Waals surface area (Å²) >= 11 is 12.2. The van der Waals surface area contributed by atoms with Crippen LogP contribution in [0, 0.1) is 0 Å². The van der Waals surface area contributed by atoms with E-state index < -0.39 is 10.0 Å². The van der Waals surface area contributed by atoms with Gasteiger partial charge in [-0.2, -0.15) is 0 Å². The fourth-order valence-electron chi connectivity index (χ4n) is 0.998. The van der Waals surface area contributed by atoms with Crippen molar-refractivity contribution in [3.63, 3.8) is 0 Å². The molecule has 0 bridgehead atoms. The monoisotopic (exact) mass is 309 g/mol. The van der Waals surface area contributed by atoms with Gasteiger partial charge in [-0.3, -0.25) is 0 Å². The molecule has 1 N–H and O–H groups in total. The molecule has 0 atom stereocenters. The molecule has 2 aromatic heterocycles. The first-order chi connectivity index (χ1) is 7.97. The van der Waals surface area contributed by atoms with Crippen LogP contribution in [0.2, 0.25) is 9.49 Å². The van der Waals surface area contributed by atoms with Gasteiger partial charge < -0.3 is 0 Å². The molecule has 9 heteroatoms. The SMILES string of the molecule is O=S(=O)(Nc1nccc(Cl)n1)c1ccc(Cl)s1. The van der Waals surface area contributed by atoms with E-state index in [9.17, 15) is 8.42 Å². The Bertz CT molecular complexity index is 642. The van der Waals surface area contributed by atoms with Gasteiger partial charge in [0.25, 0.3) is 10.0 Å². The highest BCUT2D eigenvalue weighted by atomic mass is 35.5. The summed E-state index contributed by atoms with van der Waals surface area (Å²) in [5, 5.41) is 0.155. The van der Waals surface area contributed by atoms with Crippen LogP contribution in [0.15, 0.2) is 28.6 Å². The Balaban J connectivity index is 2.29. The molecular formula is C8H5Cl2N3O2S2. The molecule has 0 aliphatic carbocycles. The zero-order valence-corrected chi connectivity index (χ0v) is 11.2. The fourth-order valence-corrected chi connectivity index (χ4v) is 3.57. The lowest BCUT2D eigenvalue weighted by Gasteiger charge is -2.03. The standard InChI is InChI=1S/C8H5Cl2N3O2S2/c9-5-3-4-11-8(12-5)13-17(14,15)7-2-1-6(10)16-7/h1-4H,(H,11,12,13). The van der Waals surface area contributed by atoms with Gasteiger partial charge >= 0.3 is 0 Å². The summed E-state index contributed by atoms with van der Waals surface area (Å²) in [6.45, 7) is 0. The average molecular weight is 310 g/mol. The average Bonchev–Trinajstić information content (AvgIpc) is 2.65. The van der Waals surface area contributed by atoms with E-state index in [0.717, 1.165) is 11.3 Å². The fraction of sp³-hybridized carbons (Fsp3) is 0. The van der Waals surface area contributed by atoms with Crippen LogP contribution in [0.3, 0.4) is 0 Å². The van der Waals surface area contributed by atoms with Crippen LogP contribution in [0.5, 0.6) is 0 Å². The van der Waals surface area contributed by atoms with E-state index in [-0.39, 0.29) is 15.3 Å². The number of rotatable bonds is 3. The van der Waals surface area contributed by atoms with Crippen LogP contribution in [0.25, 0.3) is 0 Å². The molecule has 2 rings (SSSR count). The summed E-state index contributed by atoms with van der Waals surface area (Å²) in [5.74, 6) is -0.0815. The predicted octanol–water partition coefficient (Wildman–Crippen LogP) is 2.65. The molecule has 2 heterocycles. The largest absolute Gasteiger partial charge is 0.273 e. The summed E-state index contributed by atoms with van der Waals surface area (Å²) in [7, 11) is -3.71. The molecule has 2 aromatic rings. The number of nitrogens with one attached hydrogen (secondary N) is 1. The zero-order valence-electron chi connectivity index (χ0n) is 8.09. The van der Waals surface area contributed by atoms with Crippen molar-refractivity contribution in [2.45, 2.75) is 4.21 Å². The molecule has 0 aromatic carbocycles. The molecule has 90 valence electrons. The smallest absolute Gasteiger partial charge is 0.246 e. The van der Waals surface area contributed by atoms with Crippen LogP contribution in [0.1, 0.15) is 0 Å². The second kappa shape index (κ2) is 4.77. The number of hydrogen-bond donors (Lipinski definition) is 1. The van der Waals surface area contributed by atoms with Crippen molar-refractivity contribution in [3.8, 4) is 0 Å². The zero-order chi connectivity index (χ0) is 12.5. The Morgan fingerprint density at radius 1 is 1.24 bits per heavy atom. The van der Waals surface area contributed by atoms with Gasteiger partial charge in [0, 0.05) is 6.20 Å². The van der Waals surface area contributed by atoms with E-state index in [1.807, 2.05) is 0 Å². The van der Waals surface area contributed by atoms with Crippen LogP contribution in [-0.2, 0) is 10.0 Å². The van der Waals surface area contributed by atoms with Crippen molar-refractivity contribution < 1.29 is 8.42 Å². The van der Waals surface area contributed by atoms with Crippen LogP contribution in [-0.4, -0.2) is 18.4 Å². The Kier molecular flexibility index (Phi) is 3.53. The Morgan fingerprint density at radius 3 is 2.59 bits per heavy atom. The van der Waals surface area contributed by atoms with Crippen molar-refractivity contribution in [2.24, 2.45) is 0 Å². The lowest BCUT2D eigenvalue weighted by atomic mass is 10.7. The number of anilines is 1. The van der Waals surface area contributed by atoms with Crippen LogP contribution < -0.4 is 4.72 Å². The number of hydrogen-bond acceptors (Lipinski definition) is 5. The molecule has 0 saturated carbocycles. The number of halogens is 2. The predicted molar refractivity (Wildman–Crippen MR) is 67.2 cm³/mol. The molecule has 0 spiro atoms. The number of thiophene rings is 1. The maximum Gasteiger partial charge on any atom is 0.273 e. The minimum atomic E-state index is -3.71. The summed E-state index contributed by atoms with van der Waals surface area (Å²) < 4.78 is 26.4. The normalized spacial score (nSPS) is 11.4. The second-order valence-electron chi connectivity index (χ2n) is 2.87. The van der Waals surface area contributed by atoms with E-state index in [1.54, 1.807) is 0 Å². The van der Waals surface area contributed by atoms with Crippen molar-refractivity contribution in [1.82, 2.24) is 9.97 Å². The first-order valence-electron chi connectivity index (χ1n) is 4.24. The van der Waals surface area contributed by atoms with Crippen molar-refractivity contribution in [2.75, 3.05) is 4.72 Å². The lowest BCUT2D eigenvalue weighted by molar-refractivity contribution is 0.602. The highest BCUT2D eigenvalue weighted by molar-refractivity contribution is 7.94. The Hall–Kier alpha value is -0.890. The minimum Gasteiger partial charge on any atom is -0.246 e. The van der Waals surface area contributed by atoms with E-state index >= 15 is 0 Å². The maximum atomic E-state index is 11.8. The van der Waals surface area contributed by atoms with E-state index in [1.165, 1.54) is 24.4 Å². The molecule has 0 aliphatic rings. The molecule has 0 saturated heterocycles. The number of sulfonamides is 1. The minimum absolute atomic E-state index is 0.0815. The number of nitrogens with zero attached hydrogens (tertiary/aromatic N) is 2. The summed E-state index contributed by atoms with van der Waals surface area (Å²) in [6, 6.07) is 4.35. The van der Waals surface area contributed by atoms with Gasteiger partial charge in [0.2, 0.25) is 5.95 Å². The third kappa shape index (κ3) is 3.06. The molecule has 0 aliphatic heterocycles. The van der Waals surface area contributed by atoms with Gasteiger partial charge in [-0.15, -0.1) is 11.3 Å². The molecule has 0 amide bonds. The van der Waals surface area contributed by atoms with E-state index in [2.05, 4.69) is 14.7 Å². The lowest BCUT2D eigenvalue weighted by Crippen LogP contribution is -2.13. The van der Waals surface area contributed by atoms with Gasteiger partial charge in [-0.25, -0.2) is 23.1 Å². The first-order valence-corrected chi connectivity index (χ1v) is 7.30. The molecular weight excluding hydrogens is 305 g/mol. The Labute approximate surface area is 111 Å². The summed E-state index contributed by atoms with van der Waals surface area (Å²) in [5.41, 5.74) is 0. The molecule has 0 unspecified atom stereocenters. The molecule has 0 radical (unpaired) electrons. The van der Waals surface area contributed by atoms with Crippen LogP contribution >= 0.6 is 34.5 Å². The van der Waals surface area contributed by atoms with Crippen molar-refractivity contribution in [3.05, 3.63) is 33.9 Å². The molecule has 0 fully saturated rings. The van der Waals surface area contributed by atoms with E-state index in [0.29, 0.717) is 4.34 Å². The van der Waals surface area contributed by atoms with Crippen molar-refractivity contribution in [1.29, 1.82) is 0 Å². The highest BCUT2D eigenvalue weighted by Gasteiger charge is 2.17. The Morgan fingerprint density at radius 2 is 2.00 bits per heavy atom. The number of aromatic nitrogens is 2. The third-order valence-electron chi connectivity index (χ3n) is 1.66. The van der Waals surface area contributed by atoms with E-state index in [4.69, 9.17) is 23.2 Å². The quantitative estimate of drug-likeness (QED) is 0.885. The van der Waals surface area contributed by atoms with Crippen molar-refractivity contribution >= 4 is 50.5 Å². The highest BCUT2D eigenvalue weighted by Crippen LogP contribution is 2.26. The van der Waals surface area contributed by atoms with Gasteiger partial charge in [0.15, 0.2) is 0 Å². The van der Waals surface area contributed by atoms with Crippen LogP contribution in [0.4, 0.5) is 5.95 Å². The topological polar surface area (TPSA) is 72.0 Å². The van der Waals surface area contributed by atoms with Gasteiger partial charge in [0.05, 0.1) is 4.34 Å². The molecule has 5 nitrogen and oxygen atoms in total. The molecule has 17 heavy (non-hydrogen) atoms. The second-order valence-corrected chi connectivity index (χ2v) is 6.88.